The summed E-state index contributed by atoms with van der Waals surface area (Å²) in [6, 6.07) is 0. The molecule has 0 heterocycles. The van der Waals surface area contributed by atoms with Gasteiger partial charge in [0.15, 0.2) is 0 Å². The van der Waals surface area contributed by atoms with Gasteiger partial charge in [0.25, 0.3) is 0 Å². The average molecular weight is 198 g/mol. The van der Waals surface area contributed by atoms with E-state index in [2.05, 4.69) is 13.8 Å². The molecule has 1 aliphatic carbocycles. The summed E-state index contributed by atoms with van der Waals surface area (Å²) in [6.45, 7) is 6.40. The second-order valence-electron chi connectivity index (χ2n) is 5.43. The third-order valence-electron chi connectivity index (χ3n) is 3.93. The zero-order chi connectivity index (χ0) is 10.8. The molecular weight excluding hydrogens is 176 g/mol. The predicted molar refractivity (Wildman–Crippen MR) is 57.2 cm³/mol. The molecule has 0 aromatic heterocycles. The standard InChI is InChI=1S/C12H22O2/c1-4-5-11(2)6-8-12(3,9-7-11)10(13)14/h4-9H2,1-3H3,(H,13,14). The highest BCUT2D eigenvalue weighted by Gasteiger charge is 2.41. The maximum absolute atomic E-state index is 11.0. The maximum Gasteiger partial charge on any atom is 0.309 e. The molecule has 0 aliphatic heterocycles. The minimum absolute atomic E-state index is 0.406. The summed E-state index contributed by atoms with van der Waals surface area (Å²) in [5, 5.41) is 9.10. The molecule has 1 aliphatic rings. The Balaban J connectivity index is 2.57. The quantitative estimate of drug-likeness (QED) is 0.754. The van der Waals surface area contributed by atoms with E-state index in [1.54, 1.807) is 0 Å². The summed E-state index contributed by atoms with van der Waals surface area (Å²) in [4.78, 5) is 11.0. The van der Waals surface area contributed by atoms with Crippen molar-refractivity contribution in [1.29, 1.82) is 0 Å². The van der Waals surface area contributed by atoms with Gasteiger partial charge in [0, 0.05) is 0 Å². The van der Waals surface area contributed by atoms with Gasteiger partial charge in [-0.15, -0.1) is 0 Å². The minimum atomic E-state index is -0.615. The van der Waals surface area contributed by atoms with E-state index in [9.17, 15) is 4.79 Å². The van der Waals surface area contributed by atoms with E-state index in [0.29, 0.717) is 5.41 Å². The van der Waals surface area contributed by atoms with Crippen LogP contribution < -0.4 is 0 Å². The lowest BCUT2D eigenvalue weighted by Gasteiger charge is -2.41. The van der Waals surface area contributed by atoms with Crippen LogP contribution in [0.3, 0.4) is 0 Å². The zero-order valence-corrected chi connectivity index (χ0v) is 9.60. The lowest BCUT2D eigenvalue weighted by Crippen LogP contribution is -2.36. The number of carbonyl (C=O) groups is 1. The molecule has 0 atom stereocenters. The summed E-state index contributed by atoms with van der Waals surface area (Å²) < 4.78 is 0. The number of carboxylic acids is 1. The van der Waals surface area contributed by atoms with Crippen LogP contribution in [0.15, 0.2) is 0 Å². The molecule has 1 saturated carbocycles. The molecule has 82 valence electrons. The van der Waals surface area contributed by atoms with Gasteiger partial charge in [0.1, 0.15) is 0 Å². The fraction of sp³-hybridized carbons (Fsp3) is 0.917. The normalized spacial score (nSPS) is 38.2. The van der Waals surface area contributed by atoms with Crippen molar-refractivity contribution in [3.05, 3.63) is 0 Å². The van der Waals surface area contributed by atoms with Gasteiger partial charge in [-0.1, -0.05) is 20.3 Å². The molecule has 2 heteroatoms. The molecule has 2 nitrogen and oxygen atoms in total. The van der Waals surface area contributed by atoms with E-state index in [1.165, 1.54) is 12.8 Å². The molecule has 0 bridgehead atoms. The molecule has 0 spiro atoms. The third-order valence-corrected chi connectivity index (χ3v) is 3.93. The van der Waals surface area contributed by atoms with Gasteiger partial charge in [-0.3, -0.25) is 4.79 Å². The van der Waals surface area contributed by atoms with Crippen molar-refractivity contribution >= 4 is 5.97 Å². The monoisotopic (exact) mass is 198 g/mol. The largest absolute Gasteiger partial charge is 0.481 e. The van der Waals surface area contributed by atoms with Crippen molar-refractivity contribution in [3.63, 3.8) is 0 Å². The smallest absolute Gasteiger partial charge is 0.309 e. The van der Waals surface area contributed by atoms with E-state index in [1.807, 2.05) is 6.92 Å². The summed E-state index contributed by atoms with van der Waals surface area (Å²) in [5.41, 5.74) is -0.0447. The third kappa shape index (κ3) is 2.28. The van der Waals surface area contributed by atoms with Crippen LogP contribution >= 0.6 is 0 Å². The molecular formula is C12H22O2. The van der Waals surface area contributed by atoms with E-state index in [4.69, 9.17) is 5.11 Å². The number of aliphatic carboxylic acids is 1. The number of hydrogen-bond donors (Lipinski definition) is 1. The molecule has 0 radical (unpaired) electrons. The molecule has 0 amide bonds. The highest BCUT2D eigenvalue weighted by Crippen LogP contribution is 2.47. The van der Waals surface area contributed by atoms with Gasteiger partial charge in [-0.05, 0) is 44.4 Å². The Morgan fingerprint density at radius 2 is 1.71 bits per heavy atom. The van der Waals surface area contributed by atoms with Gasteiger partial charge in [0.05, 0.1) is 5.41 Å². The van der Waals surface area contributed by atoms with Crippen LogP contribution in [0, 0.1) is 10.8 Å². The van der Waals surface area contributed by atoms with Gasteiger partial charge < -0.3 is 5.11 Å². The Bertz CT molecular complexity index is 212. The Labute approximate surface area is 86.7 Å². The number of hydrogen-bond acceptors (Lipinski definition) is 1. The van der Waals surface area contributed by atoms with Crippen molar-refractivity contribution in [3.8, 4) is 0 Å². The molecule has 0 saturated heterocycles. The van der Waals surface area contributed by atoms with Crippen LogP contribution in [0.1, 0.15) is 59.3 Å². The SMILES string of the molecule is CCCC1(C)CCC(C)(C(=O)O)CC1. The highest BCUT2D eigenvalue weighted by atomic mass is 16.4. The summed E-state index contributed by atoms with van der Waals surface area (Å²) >= 11 is 0. The van der Waals surface area contributed by atoms with Gasteiger partial charge >= 0.3 is 5.97 Å². The van der Waals surface area contributed by atoms with Crippen LogP contribution in [0.4, 0.5) is 0 Å². The van der Waals surface area contributed by atoms with E-state index in [-0.39, 0.29) is 0 Å². The first-order chi connectivity index (χ1) is 6.42. The average Bonchev–Trinajstić information content (AvgIpc) is 2.11. The molecule has 0 aromatic rings. The topological polar surface area (TPSA) is 37.3 Å². The zero-order valence-electron chi connectivity index (χ0n) is 9.60. The van der Waals surface area contributed by atoms with Crippen molar-refractivity contribution in [2.45, 2.75) is 59.3 Å². The van der Waals surface area contributed by atoms with Gasteiger partial charge in [-0.2, -0.15) is 0 Å². The lowest BCUT2D eigenvalue weighted by atomic mass is 9.64. The maximum atomic E-state index is 11.0. The van der Waals surface area contributed by atoms with E-state index < -0.39 is 11.4 Å². The summed E-state index contributed by atoms with van der Waals surface area (Å²) in [5.74, 6) is -0.615. The molecule has 0 unspecified atom stereocenters. The Kier molecular flexibility index (Phi) is 3.23. The number of carboxylic acid groups (broad SMARTS) is 1. The Hall–Kier alpha value is -0.530. The van der Waals surface area contributed by atoms with Crippen molar-refractivity contribution in [2.75, 3.05) is 0 Å². The second-order valence-corrected chi connectivity index (χ2v) is 5.43. The Morgan fingerprint density at radius 1 is 1.21 bits per heavy atom. The van der Waals surface area contributed by atoms with Crippen molar-refractivity contribution in [1.82, 2.24) is 0 Å². The molecule has 14 heavy (non-hydrogen) atoms. The van der Waals surface area contributed by atoms with Crippen LogP contribution in [0.5, 0.6) is 0 Å². The van der Waals surface area contributed by atoms with E-state index >= 15 is 0 Å². The van der Waals surface area contributed by atoms with Crippen LogP contribution in [-0.2, 0) is 4.79 Å². The van der Waals surface area contributed by atoms with Crippen LogP contribution in [-0.4, -0.2) is 11.1 Å². The molecule has 0 aromatic carbocycles. The lowest BCUT2D eigenvalue weighted by molar-refractivity contribution is -0.151. The predicted octanol–water partition coefficient (Wildman–Crippen LogP) is 3.46. The van der Waals surface area contributed by atoms with Gasteiger partial charge in [-0.25, -0.2) is 0 Å². The summed E-state index contributed by atoms with van der Waals surface area (Å²) in [6.07, 6.45) is 6.29. The fourth-order valence-corrected chi connectivity index (χ4v) is 2.47. The summed E-state index contributed by atoms with van der Waals surface area (Å²) in [7, 11) is 0. The first kappa shape index (κ1) is 11.5. The van der Waals surface area contributed by atoms with Crippen LogP contribution in [0.2, 0.25) is 0 Å². The van der Waals surface area contributed by atoms with Gasteiger partial charge in [0.2, 0.25) is 0 Å². The first-order valence-corrected chi connectivity index (χ1v) is 5.65. The number of rotatable bonds is 3. The molecule has 1 rings (SSSR count). The second kappa shape index (κ2) is 3.92. The van der Waals surface area contributed by atoms with Crippen molar-refractivity contribution in [2.24, 2.45) is 10.8 Å². The highest BCUT2D eigenvalue weighted by molar-refractivity contribution is 5.74. The first-order valence-electron chi connectivity index (χ1n) is 5.65. The van der Waals surface area contributed by atoms with E-state index in [0.717, 1.165) is 25.7 Å². The van der Waals surface area contributed by atoms with Crippen LogP contribution in [0.25, 0.3) is 0 Å². The molecule has 1 fully saturated rings. The minimum Gasteiger partial charge on any atom is -0.481 e. The molecule has 1 N–H and O–H groups in total. The fourth-order valence-electron chi connectivity index (χ4n) is 2.47. The van der Waals surface area contributed by atoms with Crippen molar-refractivity contribution < 1.29 is 9.90 Å². The Morgan fingerprint density at radius 3 is 2.07 bits per heavy atom.